The maximum absolute atomic E-state index is 10.7. The van der Waals surface area contributed by atoms with E-state index in [1.807, 2.05) is 38.4 Å². The fourth-order valence-electron chi connectivity index (χ4n) is 2.67. The maximum Gasteiger partial charge on any atom is 0.191 e. The highest BCUT2D eigenvalue weighted by Crippen LogP contribution is 2.29. The van der Waals surface area contributed by atoms with Gasteiger partial charge in [-0.05, 0) is 31.9 Å². The number of aromatic nitrogens is 2. The summed E-state index contributed by atoms with van der Waals surface area (Å²) < 4.78 is 7.09. The fraction of sp³-hybridized carbons (Fsp3) is 0.524. The molecule has 168 valence electrons. The van der Waals surface area contributed by atoms with Crippen LogP contribution in [0.4, 0.5) is 0 Å². The van der Waals surface area contributed by atoms with Crippen molar-refractivity contribution in [2.45, 2.75) is 31.3 Å². The Morgan fingerprint density at radius 2 is 2.10 bits per heavy atom. The molecule has 1 heterocycles. The van der Waals surface area contributed by atoms with Gasteiger partial charge in [-0.25, -0.2) is 4.99 Å². The summed E-state index contributed by atoms with van der Waals surface area (Å²) in [4.78, 5) is 5.72. The minimum Gasteiger partial charge on any atom is -0.496 e. The van der Waals surface area contributed by atoms with Crippen molar-refractivity contribution in [2.24, 2.45) is 18.0 Å². The van der Waals surface area contributed by atoms with Gasteiger partial charge in [0.15, 0.2) is 5.96 Å². The Balaban J connectivity index is 0.00000450. The smallest absolute Gasteiger partial charge is 0.191 e. The second kappa shape index (κ2) is 13.1. The van der Waals surface area contributed by atoms with Gasteiger partial charge in [0.05, 0.1) is 19.9 Å². The lowest BCUT2D eigenvalue weighted by Crippen LogP contribution is -2.41. The van der Waals surface area contributed by atoms with Crippen molar-refractivity contribution in [3.63, 3.8) is 0 Å². The van der Waals surface area contributed by atoms with Gasteiger partial charge in [-0.3, -0.25) is 4.68 Å². The highest BCUT2D eigenvalue weighted by Gasteiger charge is 2.24. The van der Waals surface area contributed by atoms with Gasteiger partial charge in [-0.15, -0.1) is 35.7 Å². The number of aliphatic imine (C=N–C) groups is 1. The molecule has 0 aliphatic carbocycles. The Morgan fingerprint density at radius 1 is 1.37 bits per heavy atom. The minimum atomic E-state index is -1.07. The first-order chi connectivity index (χ1) is 13.9. The Hall–Kier alpha value is -1.46. The molecule has 0 aliphatic heterocycles. The summed E-state index contributed by atoms with van der Waals surface area (Å²) in [7, 11) is 3.53. The molecule has 0 spiro atoms. The molecule has 0 saturated carbocycles. The fourth-order valence-corrected chi connectivity index (χ4v) is 3.72. The number of methoxy groups -OCH3 is 1. The third-order valence-electron chi connectivity index (χ3n) is 4.43. The van der Waals surface area contributed by atoms with Crippen LogP contribution in [0.5, 0.6) is 5.75 Å². The number of aryl methyl sites for hydroxylation is 1. The van der Waals surface area contributed by atoms with Crippen LogP contribution in [0.3, 0.4) is 0 Å². The molecule has 2 aromatic rings. The third-order valence-corrected chi connectivity index (χ3v) is 5.81. The lowest BCUT2D eigenvalue weighted by Gasteiger charge is -2.21. The van der Waals surface area contributed by atoms with Crippen LogP contribution in [-0.2, 0) is 12.6 Å². The van der Waals surface area contributed by atoms with E-state index < -0.39 is 5.60 Å². The second-order valence-corrected chi connectivity index (χ2v) is 8.38. The van der Waals surface area contributed by atoms with E-state index in [4.69, 9.17) is 4.74 Å². The van der Waals surface area contributed by atoms with Crippen LogP contribution in [-0.4, -0.2) is 53.3 Å². The van der Waals surface area contributed by atoms with Crippen molar-refractivity contribution in [3.05, 3.63) is 42.2 Å². The van der Waals surface area contributed by atoms with Crippen LogP contribution in [0.15, 0.2) is 46.5 Å². The van der Waals surface area contributed by atoms with Crippen molar-refractivity contribution in [2.75, 3.05) is 32.5 Å². The third kappa shape index (κ3) is 8.35. The van der Waals surface area contributed by atoms with E-state index in [-0.39, 0.29) is 30.5 Å². The summed E-state index contributed by atoms with van der Waals surface area (Å²) in [5, 5.41) is 21.5. The molecule has 0 bridgehead atoms. The van der Waals surface area contributed by atoms with Crippen LogP contribution in [0.2, 0.25) is 0 Å². The van der Waals surface area contributed by atoms with Gasteiger partial charge < -0.3 is 20.5 Å². The summed E-state index contributed by atoms with van der Waals surface area (Å²) in [6.07, 6.45) is 3.49. The van der Waals surface area contributed by atoms with Crippen LogP contribution >= 0.6 is 35.7 Å². The van der Waals surface area contributed by atoms with Crippen molar-refractivity contribution in [1.82, 2.24) is 20.4 Å². The molecule has 0 saturated heterocycles. The number of benzene rings is 1. The zero-order valence-electron chi connectivity index (χ0n) is 18.4. The Morgan fingerprint density at radius 3 is 2.73 bits per heavy atom. The first kappa shape index (κ1) is 26.6. The predicted molar refractivity (Wildman–Crippen MR) is 135 cm³/mol. The number of thioether (sulfide) groups is 1. The maximum atomic E-state index is 10.7. The molecule has 2 rings (SSSR count). The average Bonchev–Trinajstić information content (AvgIpc) is 3.16. The number of para-hydroxylation sites is 1. The Labute approximate surface area is 201 Å². The van der Waals surface area contributed by atoms with E-state index in [9.17, 15) is 5.11 Å². The molecule has 3 N–H and O–H groups in total. The molecular formula is C21H34IN5O2S. The van der Waals surface area contributed by atoms with Crippen molar-refractivity contribution >= 4 is 41.7 Å². The van der Waals surface area contributed by atoms with Crippen LogP contribution in [0.1, 0.15) is 26.3 Å². The van der Waals surface area contributed by atoms with Crippen molar-refractivity contribution < 1.29 is 9.84 Å². The molecular weight excluding hydrogens is 513 g/mol. The van der Waals surface area contributed by atoms with Crippen LogP contribution < -0.4 is 15.4 Å². The topological polar surface area (TPSA) is 83.7 Å². The number of hydrogen-bond donors (Lipinski definition) is 3. The zero-order chi connectivity index (χ0) is 21.3. The van der Waals surface area contributed by atoms with E-state index in [0.717, 1.165) is 35.1 Å². The number of nitrogens with zero attached hydrogens (tertiary/aromatic N) is 3. The molecule has 7 nitrogen and oxygen atoms in total. The molecule has 30 heavy (non-hydrogen) atoms. The Bertz CT molecular complexity index is 797. The highest BCUT2D eigenvalue weighted by atomic mass is 127. The molecule has 0 aliphatic rings. The van der Waals surface area contributed by atoms with Gasteiger partial charge in [0.25, 0.3) is 0 Å². The summed E-state index contributed by atoms with van der Waals surface area (Å²) in [5.74, 6) is 2.99. The van der Waals surface area contributed by atoms with E-state index in [0.29, 0.717) is 11.9 Å². The van der Waals surface area contributed by atoms with Gasteiger partial charge in [0, 0.05) is 42.5 Å². The molecule has 0 radical (unpaired) electrons. The molecule has 9 heteroatoms. The first-order valence-electron chi connectivity index (χ1n) is 9.85. The normalized spacial score (nSPS) is 14.4. The number of ether oxygens (including phenoxy) is 1. The quantitative estimate of drug-likeness (QED) is 0.183. The van der Waals surface area contributed by atoms with Crippen molar-refractivity contribution in [1.29, 1.82) is 0 Å². The highest BCUT2D eigenvalue weighted by molar-refractivity contribution is 14.0. The largest absolute Gasteiger partial charge is 0.496 e. The summed E-state index contributed by atoms with van der Waals surface area (Å²) in [6.45, 7) is 7.76. The molecule has 0 amide bonds. The monoisotopic (exact) mass is 547 g/mol. The van der Waals surface area contributed by atoms with Gasteiger partial charge in [0.1, 0.15) is 11.4 Å². The molecule has 1 aromatic carbocycles. The van der Waals surface area contributed by atoms with E-state index in [1.165, 1.54) is 0 Å². The zero-order valence-corrected chi connectivity index (χ0v) is 21.5. The summed E-state index contributed by atoms with van der Waals surface area (Å²) >= 11 is 1.79. The molecule has 2 unspecified atom stereocenters. The van der Waals surface area contributed by atoms with E-state index in [2.05, 4.69) is 33.7 Å². The number of halogens is 1. The number of guanidine groups is 1. The number of nitrogens with one attached hydrogen (secondary N) is 2. The lowest BCUT2D eigenvalue weighted by molar-refractivity contribution is 0.0672. The number of hydrogen-bond acceptors (Lipinski definition) is 5. The SMILES string of the molecule is CCNC(=NCC(C)(O)c1cnn(C)c1)NCC(C)CSc1ccccc1OC.I. The van der Waals surface area contributed by atoms with Crippen LogP contribution in [0.25, 0.3) is 0 Å². The van der Waals surface area contributed by atoms with E-state index in [1.54, 1.807) is 36.7 Å². The van der Waals surface area contributed by atoms with Gasteiger partial charge in [0.2, 0.25) is 0 Å². The first-order valence-corrected chi connectivity index (χ1v) is 10.8. The molecule has 2 atom stereocenters. The standard InChI is InChI=1S/C21H33N5O2S.HI/c1-6-22-20(24-15-21(3,27)17-12-25-26(4)13-17)23-11-16(2)14-29-19-10-8-7-9-18(19)28-5;/h7-10,12-13,16,27H,6,11,14-15H2,1-5H3,(H2,22,23,24);1H. The van der Waals surface area contributed by atoms with Gasteiger partial charge >= 0.3 is 0 Å². The van der Waals surface area contributed by atoms with E-state index >= 15 is 0 Å². The molecule has 0 fully saturated rings. The van der Waals surface area contributed by atoms with Crippen molar-refractivity contribution in [3.8, 4) is 5.75 Å². The molecule has 1 aromatic heterocycles. The predicted octanol–water partition coefficient (Wildman–Crippen LogP) is 3.24. The van der Waals surface area contributed by atoms with Crippen LogP contribution in [0, 0.1) is 5.92 Å². The summed E-state index contributed by atoms with van der Waals surface area (Å²) in [5.41, 5.74) is -0.316. The summed E-state index contributed by atoms with van der Waals surface area (Å²) in [6, 6.07) is 8.07. The number of rotatable bonds is 10. The lowest BCUT2D eigenvalue weighted by atomic mass is 10.0. The Kier molecular flexibility index (Phi) is 11.6. The van der Waals surface area contributed by atoms with Gasteiger partial charge in [-0.2, -0.15) is 5.10 Å². The number of aliphatic hydroxyl groups is 1. The van der Waals surface area contributed by atoms with Gasteiger partial charge in [-0.1, -0.05) is 19.1 Å². The minimum absolute atomic E-state index is 0. The second-order valence-electron chi connectivity index (χ2n) is 7.32. The average molecular weight is 548 g/mol.